The standard InChI is InChI=1S/HNO3.HNO2.Na.H2O4S/c2-1(3)4;2-1-3;;1-5(2,3)4/h(H,2,3,4);(H,2,3);;(H2,1,2,3,4)/q;;+1;/p-1. The molecule has 0 unspecified atom stereocenters. The van der Waals surface area contributed by atoms with E-state index in [9.17, 15) is 0 Å². The number of hydrogen-bond donors (Lipinski definition) is 3. The minimum Gasteiger partial charge on any atom is -0.444 e. The minimum atomic E-state index is -4.67. The van der Waals surface area contributed by atoms with Crippen molar-refractivity contribution in [2.45, 2.75) is 0 Å². The van der Waals surface area contributed by atoms with Crippen LogP contribution in [0, 0.1) is 20.2 Å². The minimum absolute atomic E-state index is 0. The van der Waals surface area contributed by atoms with Gasteiger partial charge in [0.1, 0.15) is 0 Å². The molecule has 0 amide bonds. The molecule has 0 fully saturated rings. The first-order chi connectivity index (χ1) is 5.15. The van der Waals surface area contributed by atoms with Crippen molar-refractivity contribution in [3.05, 3.63) is 20.2 Å². The van der Waals surface area contributed by atoms with Gasteiger partial charge in [0.05, 0.1) is 0 Å². The van der Waals surface area contributed by atoms with Crippen molar-refractivity contribution >= 4 is 10.4 Å². The summed E-state index contributed by atoms with van der Waals surface area (Å²) >= 11 is 0. The maximum absolute atomic E-state index is 8.74. The Hall–Kier alpha value is -0.530. The van der Waals surface area contributed by atoms with Crippen molar-refractivity contribution in [3.8, 4) is 0 Å². The van der Waals surface area contributed by atoms with Crippen LogP contribution in [0.3, 0.4) is 0 Å². The quantitative estimate of drug-likeness (QED) is 0.123. The fourth-order valence-electron chi connectivity index (χ4n) is 0. The third kappa shape index (κ3) is 3660. The van der Waals surface area contributed by atoms with E-state index < -0.39 is 15.5 Å². The first kappa shape index (κ1) is 22.9. The molecule has 13 heteroatoms. The van der Waals surface area contributed by atoms with E-state index in [2.05, 4.69) is 0 Å². The summed E-state index contributed by atoms with van der Waals surface area (Å²) < 4.78 is 31.6. The molecule has 13 heavy (non-hydrogen) atoms. The van der Waals surface area contributed by atoms with Gasteiger partial charge in [0.15, 0.2) is 0 Å². The van der Waals surface area contributed by atoms with Crippen molar-refractivity contribution in [2.24, 2.45) is 5.34 Å². The molecule has 0 aliphatic heterocycles. The predicted molar refractivity (Wildman–Crippen MR) is 32.1 cm³/mol. The molecular formula is H3N2NaO9S. The number of hydrogen-bond acceptors (Lipinski definition) is 7. The van der Waals surface area contributed by atoms with Gasteiger partial charge < -0.3 is 15.3 Å². The average Bonchev–Trinajstić information content (AvgIpc) is 1.56. The summed E-state index contributed by atoms with van der Waals surface area (Å²) in [6, 6.07) is 0. The Morgan fingerprint density at radius 2 is 1.31 bits per heavy atom. The molecule has 0 spiro atoms. The van der Waals surface area contributed by atoms with Crippen LogP contribution in [0.25, 0.3) is 0 Å². The van der Waals surface area contributed by atoms with E-state index in [4.69, 9.17) is 43.0 Å². The Morgan fingerprint density at radius 3 is 1.31 bits per heavy atom. The van der Waals surface area contributed by atoms with Gasteiger partial charge in [-0.05, 0) is 0 Å². The van der Waals surface area contributed by atoms with E-state index in [0.29, 0.717) is 0 Å². The van der Waals surface area contributed by atoms with Crippen LogP contribution in [0.1, 0.15) is 0 Å². The molecule has 0 radical (unpaired) electrons. The summed E-state index contributed by atoms with van der Waals surface area (Å²) in [7, 11) is -4.67. The van der Waals surface area contributed by atoms with E-state index in [1.54, 1.807) is 0 Å². The molecule has 0 heterocycles. The van der Waals surface area contributed by atoms with Crippen molar-refractivity contribution in [2.75, 3.05) is 0 Å². The molecule has 0 saturated carbocycles. The Balaban J connectivity index is -0.0000000465. The largest absolute Gasteiger partial charge is 1.00 e. The molecule has 0 aromatic carbocycles. The molecule has 0 bridgehead atoms. The second-order valence-electron chi connectivity index (χ2n) is 0.760. The summed E-state index contributed by atoms with van der Waals surface area (Å²) in [6.07, 6.45) is 0. The van der Waals surface area contributed by atoms with Crippen LogP contribution in [-0.4, -0.2) is 27.8 Å². The molecule has 0 saturated heterocycles. The first-order valence-corrected chi connectivity index (χ1v) is 3.03. The molecule has 0 rings (SSSR count). The van der Waals surface area contributed by atoms with E-state index in [-0.39, 0.29) is 29.6 Å². The van der Waals surface area contributed by atoms with Gasteiger partial charge in [0.25, 0.3) is 5.09 Å². The summed E-state index contributed by atoms with van der Waals surface area (Å²) in [4.78, 5) is 16.4. The normalized spacial score (nSPS) is 7.23. The van der Waals surface area contributed by atoms with Gasteiger partial charge in [-0.15, -0.1) is 15.5 Å². The van der Waals surface area contributed by atoms with Gasteiger partial charge >= 0.3 is 40.0 Å². The Morgan fingerprint density at radius 1 is 1.31 bits per heavy atom. The third-order valence-electron chi connectivity index (χ3n) is 0. The average molecular weight is 230 g/mol. The molecule has 0 atom stereocenters. The van der Waals surface area contributed by atoms with E-state index in [1.807, 2.05) is 0 Å². The fourth-order valence-corrected chi connectivity index (χ4v) is 0. The van der Waals surface area contributed by atoms with Crippen molar-refractivity contribution in [1.29, 1.82) is 0 Å². The van der Waals surface area contributed by atoms with Gasteiger partial charge in [-0.1, -0.05) is 0 Å². The predicted octanol–water partition coefficient (Wildman–Crippen LogP) is -3.75. The zero-order valence-electron chi connectivity index (χ0n) is 6.09. The number of rotatable bonds is 0. The first-order valence-electron chi connectivity index (χ1n) is 1.63. The Labute approximate surface area is 93.3 Å². The Bertz CT molecular complexity index is 194. The van der Waals surface area contributed by atoms with Gasteiger partial charge in [0.2, 0.25) is 0 Å². The topological polar surface area (TPSA) is 190 Å². The van der Waals surface area contributed by atoms with Gasteiger partial charge in [-0.2, -0.15) is 8.42 Å². The summed E-state index contributed by atoms with van der Waals surface area (Å²) in [6.45, 7) is 0. The SMILES string of the molecule is O=N[O-].O=S(=O)(O)O.O=[N+]([O-])O.[Na+]. The van der Waals surface area contributed by atoms with Crippen LogP contribution in [0.4, 0.5) is 0 Å². The van der Waals surface area contributed by atoms with Gasteiger partial charge in [0, 0.05) is 0 Å². The van der Waals surface area contributed by atoms with Crippen molar-refractivity contribution < 1.29 is 57.4 Å². The third-order valence-corrected chi connectivity index (χ3v) is 0. The Kier molecular flexibility index (Phi) is 24.7. The van der Waals surface area contributed by atoms with Gasteiger partial charge in [-0.25, -0.2) is 0 Å². The van der Waals surface area contributed by atoms with Crippen molar-refractivity contribution in [3.63, 3.8) is 0 Å². The van der Waals surface area contributed by atoms with Crippen LogP contribution < -0.4 is 29.6 Å². The van der Waals surface area contributed by atoms with E-state index in [0.717, 1.165) is 5.34 Å². The van der Waals surface area contributed by atoms with E-state index >= 15 is 0 Å². The molecular weight excluding hydrogens is 227 g/mol. The summed E-state index contributed by atoms with van der Waals surface area (Å²) in [5.74, 6) is 0. The molecule has 0 aliphatic carbocycles. The fraction of sp³-hybridized carbons (Fsp3) is 0. The van der Waals surface area contributed by atoms with Crippen molar-refractivity contribution in [1.82, 2.24) is 0 Å². The maximum Gasteiger partial charge on any atom is 1.00 e. The van der Waals surface area contributed by atoms with Gasteiger partial charge in [-0.3, -0.25) is 9.11 Å². The van der Waals surface area contributed by atoms with Crippen LogP contribution in [0.5, 0.6) is 0 Å². The molecule has 0 aromatic heterocycles. The zero-order valence-corrected chi connectivity index (χ0v) is 8.91. The maximum atomic E-state index is 8.74. The second-order valence-corrected chi connectivity index (χ2v) is 1.66. The molecule has 3 N–H and O–H groups in total. The zero-order chi connectivity index (χ0) is 10.8. The van der Waals surface area contributed by atoms with Crippen LogP contribution in [-0.2, 0) is 10.4 Å². The smallest absolute Gasteiger partial charge is 0.444 e. The molecule has 0 aliphatic rings. The molecule has 11 nitrogen and oxygen atoms in total. The van der Waals surface area contributed by atoms with Crippen LogP contribution in [0.2, 0.25) is 0 Å². The molecule has 74 valence electrons. The monoisotopic (exact) mass is 230 g/mol. The number of nitrogens with zero attached hydrogens (tertiary/aromatic N) is 2. The van der Waals surface area contributed by atoms with Crippen LogP contribution >= 0.6 is 0 Å². The van der Waals surface area contributed by atoms with Crippen LogP contribution in [0.15, 0.2) is 5.34 Å². The summed E-state index contributed by atoms with van der Waals surface area (Å²) in [5, 5.41) is 22.6. The second kappa shape index (κ2) is 14.0. The van der Waals surface area contributed by atoms with E-state index in [1.165, 1.54) is 0 Å². The summed E-state index contributed by atoms with van der Waals surface area (Å²) in [5.41, 5.74) is 0. The molecule has 0 aromatic rings.